The van der Waals surface area contributed by atoms with E-state index in [1.54, 1.807) is 32.0 Å². The Morgan fingerprint density at radius 2 is 2.00 bits per heavy atom. The molecular weight excluding hydrogens is 453 g/mol. The number of likely N-dealkylation sites (tertiary alicyclic amines) is 1. The molecule has 0 aliphatic carbocycles. The molecule has 3 heterocycles. The number of carbonyl (C=O) groups excluding carboxylic acids is 1. The smallest absolute Gasteiger partial charge is 0.260 e. The molecule has 1 aromatic rings. The van der Waals surface area contributed by atoms with E-state index in [1.165, 1.54) is 0 Å². The van der Waals surface area contributed by atoms with Crippen LogP contribution in [0.1, 0.15) is 52.9 Å². The van der Waals surface area contributed by atoms with Gasteiger partial charge >= 0.3 is 0 Å². The van der Waals surface area contributed by atoms with Crippen LogP contribution in [-0.4, -0.2) is 65.6 Å². The zero-order valence-corrected chi connectivity index (χ0v) is 20.5. The number of hydrogen-bond acceptors (Lipinski definition) is 5. The predicted octanol–water partition coefficient (Wildman–Crippen LogP) is 4.48. The normalized spacial score (nSPS) is 30.1. The van der Waals surface area contributed by atoms with Crippen molar-refractivity contribution in [3.05, 3.63) is 28.2 Å². The second-order valence-electron chi connectivity index (χ2n) is 10.4. The molecule has 4 rings (SSSR count). The van der Waals surface area contributed by atoms with Crippen molar-refractivity contribution in [1.82, 2.24) is 4.90 Å². The van der Waals surface area contributed by atoms with Crippen molar-refractivity contribution in [1.29, 1.82) is 0 Å². The summed E-state index contributed by atoms with van der Waals surface area (Å²) in [5.74, 6) is 0.416. The van der Waals surface area contributed by atoms with Gasteiger partial charge in [0, 0.05) is 18.1 Å². The van der Waals surface area contributed by atoms with Gasteiger partial charge in [0.15, 0.2) is 6.61 Å². The molecule has 1 N–H and O–H groups in total. The van der Waals surface area contributed by atoms with Gasteiger partial charge in [0.25, 0.3) is 5.91 Å². The zero-order valence-electron chi connectivity index (χ0n) is 19.0. The van der Waals surface area contributed by atoms with Crippen LogP contribution in [0.4, 0.5) is 0 Å². The zero-order chi connectivity index (χ0) is 23.1. The maximum Gasteiger partial charge on any atom is 0.260 e. The Bertz CT molecular complexity index is 849. The van der Waals surface area contributed by atoms with E-state index in [2.05, 4.69) is 6.92 Å². The molecule has 178 valence electrons. The summed E-state index contributed by atoms with van der Waals surface area (Å²) in [6.45, 7) is 7.75. The highest BCUT2D eigenvalue weighted by Crippen LogP contribution is 2.49. The second-order valence-corrected chi connectivity index (χ2v) is 11.2. The van der Waals surface area contributed by atoms with E-state index in [4.69, 9.17) is 37.4 Å². The van der Waals surface area contributed by atoms with Crippen LogP contribution in [0.25, 0.3) is 0 Å². The van der Waals surface area contributed by atoms with Gasteiger partial charge in [-0.05, 0) is 76.5 Å². The Balaban J connectivity index is 1.28. The summed E-state index contributed by atoms with van der Waals surface area (Å²) in [7, 11) is 0. The highest BCUT2D eigenvalue weighted by molar-refractivity contribution is 6.35. The number of aliphatic hydroxyl groups is 1. The largest absolute Gasteiger partial charge is 0.482 e. The van der Waals surface area contributed by atoms with Crippen LogP contribution in [-0.2, 0) is 14.3 Å². The van der Waals surface area contributed by atoms with E-state index in [0.29, 0.717) is 35.5 Å². The summed E-state index contributed by atoms with van der Waals surface area (Å²) >= 11 is 12.0. The SMILES string of the molecule is CC(C)(O)[C@@H]1CC[C@](C)([C@@H]2CC3(CCN(C(=O)COc4ccc(Cl)cc4Cl)CC3)CO2)O1. The number of hydrogen-bond donors (Lipinski definition) is 1. The van der Waals surface area contributed by atoms with Gasteiger partial charge in [0.05, 0.1) is 35.0 Å². The van der Waals surface area contributed by atoms with Crippen LogP contribution in [0, 0.1) is 5.41 Å². The van der Waals surface area contributed by atoms with Crippen molar-refractivity contribution in [2.75, 3.05) is 26.3 Å². The number of rotatable bonds is 5. The number of halogens is 2. The van der Waals surface area contributed by atoms with Crippen molar-refractivity contribution in [2.24, 2.45) is 5.41 Å². The average Bonchev–Trinajstić information content (AvgIpc) is 3.33. The molecule has 3 aliphatic heterocycles. The summed E-state index contributed by atoms with van der Waals surface area (Å²) in [6.07, 6.45) is 4.32. The fraction of sp³-hybridized carbons (Fsp3) is 0.708. The number of amides is 1. The minimum absolute atomic E-state index is 0.0208. The quantitative estimate of drug-likeness (QED) is 0.665. The van der Waals surface area contributed by atoms with Crippen molar-refractivity contribution in [2.45, 2.75) is 76.3 Å². The highest BCUT2D eigenvalue weighted by atomic mass is 35.5. The molecule has 3 atom stereocenters. The van der Waals surface area contributed by atoms with Gasteiger partial charge in [-0.25, -0.2) is 0 Å². The van der Waals surface area contributed by atoms with Gasteiger partial charge in [-0.15, -0.1) is 0 Å². The average molecular weight is 486 g/mol. The van der Waals surface area contributed by atoms with Gasteiger partial charge in [-0.3, -0.25) is 4.79 Å². The maximum absolute atomic E-state index is 12.7. The lowest BCUT2D eigenvalue weighted by Crippen LogP contribution is -2.46. The number of piperidine rings is 1. The third-order valence-corrected chi connectivity index (χ3v) is 7.94. The number of nitrogens with zero attached hydrogens (tertiary/aromatic N) is 1. The number of ether oxygens (including phenoxy) is 3. The van der Waals surface area contributed by atoms with Crippen molar-refractivity contribution in [3.63, 3.8) is 0 Å². The summed E-state index contributed by atoms with van der Waals surface area (Å²) in [5, 5.41) is 11.3. The molecule has 3 fully saturated rings. The molecule has 3 saturated heterocycles. The lowest BCUT2D eigenvalue weighted by molar-refractivity contribution is -0.155. The second kappa shape index (κ2) is 8.95. The van der Waals surface area contributed by atoms with Crippen molar-refractivity contribution < 1.29 is 24.1 Å². The summed E-state index contributed by atoms with van der Waals surface area (Å²) < 4.78 is 18.2. The Morgan fingerprint density at radius 3 is 2.62 bits per heavy atom. The van der Waals surface area contributed by atoms with Crippen LogP contribution in [0.3, 0.4) is 0 Å². The molecule has 0 unspecified atom stereocenters. The third-order valence-electron chi connectivity index (χ3n) is 7.41. The van der Waals surface area contributed by atoms with E-state index in [1.807, 2.05) is 4.90 Å². The minimum Gasteiger partial charge on any atom is -0.482 e. The van der Waals surface area contributed by atoms with E-state index in [9.17, 15) is 9.90 Å². The Kier molecular flexibility index (Phi) is 6.74. The molecular formula is C24H33Cl2NO5. The topological polar surface area (TPSA) is 68.2 Å². The van der Waals surface area contributed by atoms with Crippen LogP contribution in [0.15, 0.2) is 18.2 Å². The standard InChI is InChI=1S/C24H33Cl2NO5/c1-22(2,29)19-6-7-23(3,32-19)20-13-24(15-31-20)8-10-27(11-9-24)21(28)14-30-18-5-4-16(25)12-17(18)26/h4-5,12,19-20,29H,6-11,13-15H2,1-3H3/t19-,20-,23+/m0/s1. The molecule has 0 radical (unpaired) electrons. The van der Waals surface area contributed by atoms with Gasteiger partial charge in [-0.2, -0.15) is 0 Å². The first-order valence-corrected chi connectivity index (χ1v) is 12.1. The van der Waals surface area contributed by atoms with Crippen LogP contribution >= 0.6 is 23.2 Å². The first kappa shape index (κ1) is 24.1. The predicted molar refractivity (Wildman–Crippen MR) is 123 cm³/mol. The lowest BCUT2D eigenvalue weighted by atomic mass is 9.74. The highest BCUT2D eigenvalue weighted by Gasteiger charge is 2.53. The Labute approximate surface area is 200 Å². The van der Waals surface area contributed by atoms with Gasteiger partial charge < -0.3 is 24.2 Å². The maximum atomic E-state index is 12.7. The molecule has 0 saturated carbocycles. The van der Waals surface area contributed by atoms with Crippen LogP contribution < -0.4 is 4.74 Å². The third kappa shape index (κ3) is 5.05. The fourth-order valence-corrected chi connectivity index (χ4v) is 5.64. The molecule has 32 heavy (non-hydrogen) atoms. The molecule has 1 aromatic carbocycles. The van der Waals surface area contributed by atoms with Crippen LogP contribution in [0.5, 0.6) is 5.75 Å². The minimum atomic E-state index is -0.849. The van der Waals surface area contributed by atoms with Gasteiger partial charge in [0.2, 0.25) is 0 Å². The molecule has 3 aliphatic rings. The molecule has 0 aromatic heterocycles. The lowest BCUT2D eigenvalue weighted by Gasteiger charge is -2.39. The molecule has 1 amide bonds. The first-order valence-electron chi connectivity index (χ1n) is 11.4. The number of benzene rings is 1. The van der Waals surface area contributed by atoms with E-state index in [0.717, 1.165) is 32.1 Å². The molecule has 8 heteroatoms. The first-order chi connectivity index (χ1) is 15.0. The monoisotopic (exact) mass is 485 g/mol. The van der Waals surface area contributed by atoms with E-state index in [-0.39, 0.29) is 35.7 Å². The molecule has 6 nitrogen and oxygen atoms in total. The molecule has 1 spiro atoms. The Hall–Kier alpha value is -1.05. The van der Waals surface area contributed by atoms with Crippen molar-refractivity contribution in [3.8, 4) is 5.75 Å². The van der Waals surface area contributed by atoms with Crippen LogP contribution in [0.2, 0.25) is 10.0 Å². The summed E-state index contributed by atoms with van der Waals surface area (Å²) in [6, 6.07) is 4.96. The van der Waals surface area contributed by atoms with E-state index < -0.39 is 5.60 Å². The summed E-state index contributed by atoms with van der Waals surface area (Å²) in [5.41, 5.74) is -1.13. The summed E-state index contributed by atoms with van der Waals surface area (Å²) in [4.78, 5) is 14.5. The van der Waals surface area contributed by atoms with Gasteiger partial charge in [-0.1, -0.05) is 23.2 Å². The van der Waals surface area contributed by atoms with Gasteiger partial charge in [0.1, 0.15) is 5.75 Å². The molecule has 0 bridgehead atoms. The Morgan fingerprint density at radius 1 is 1.28 bits per heavy atom. The van der Waals surface area contributed by atoms with Crippen molar-refractivity contribution >= 4 is 29.1 Å². The number of carbonyl (C=O) groups is 1. The van der Waals surface area contributed by atoms with E-state index >= 15 is 0 Å². The fourth-order valence-electron chi connectivity index (χ4n) is 5.18.